The molecule has 32 heavy (non-hydrogen) atoms. The number of nitrogens with zero attached hydrogens (tertiary/aromatic N) is 5. The number of piperazine rings is 1. The zero-order valence-corrected chi connectivity index (χ0v) is 19.5. The first-order valence-electron chi connectivity index (χ1n) is 11.6. The van der Waals surface area contributed by atoms with Gasteiger partial charge in [-0.05, 0) is 26.3 Å². The smallest absolute Gasteiger partial charge is 0.318 e. The Balaban J connectivity index is 1.75. The Kier molecular flexibility index (Phi) is 8.81. The van der Waals surface area contributed by atoms with Gasteiger partial charge in [-0.25, -0.2) is 4.39 Å². The molecular weight excluding hydrogens is 413 g/mol. The highest BCUT2D eigenvalue weighted by atomic mass is 19.1. The highest BCUT2D eigenvalue weighted by Gasteiger charge is 2.30. The lowest BCUT2D eigenvalue weighted by molar-refractivity contribution is -0.126. The summed E-state index contributed by atoms with van der Waals surface area (Å²) >= 11 is 0. The van der Waals surface area contributed by atoms with Gasteiger partial charge in [-0.1, -0.05) is 26.3 Å². The quantitative estimate of drug-likeness (QED) is 0.574. The molecule has 8 nitrogen and oxygen atoms in total. The highest BCUT2D eigenvalue weighted by Crippen LogP contribution is 2.27. The van der Waals surface area contributed by atoms with Crippen LogP contribution >= 0.6 is 0 Å². The second-order valence-electron chi connectivity index (χ2n) is 8.49. The van der Waals surface area contributed by atoms with Gasteiger partial charge in [-0.15, -0.1) is 0 Å². The first-order valence-corrected chi connectivity index (χ1v) is 11.6. The van der Waals surface area contributed by atoms with Gasteiger partial charge in [0.25, 0.3) is 0 Å². The Morgan fingerprint density at radius 1 is 1.25 bits per heavy atom. The SMILES string of the molecule is CCCc1c(CC)nc(OC[C@H]2C[C@@H](F)CN2C)nc1N1CCN(C(=O)/C=C/CO)CC1. The number of amides is 1. The number of rotatable bonds is 9. The molecule has 0 radical (unpaired) electrons. The van der Waals surface area contributed by atoms with Crippen LogP contribution in [0.25, 0.3) is 0 Å². The molecule has 2 aliphatic rings. The molecule has 0 aromatic carbocycles. The molecule has 3 heterocycles. The fourth-order valence-corrected chi connectivity index (χ4v) is 4.39. The van der Waals surface area contributed by atoms with Crippen molar-refractivity contribution >= 4 is 11.7 Å². The Morgan fingerprint density at radius 2 is 2.00 bits per heavy atom. The molecule has 1 aromatic heterocycles. The number of aryl methyl sites for hydroxylation is 1. The van der Waals surface area contributed by atoms with E-state index in [0.717, 1.165) is 36.3 Å². The predicted octanol–water partition coefficient (Wildman–Crippen LogP) is 1.61. The van der Waals surface area contributed by atoms with Crippen LogP contribution in [0.5, 0.6) is 6.01 Å². The molecule has 1 aromatic rings. The van der Waals surface area contributed by atoms with Crippen LogP contribution in [-0.4, -0.2) is 96.0 Å². The van der Waals surface area contributed by atoms with Crippen LogP contribution < -0.4 is 9.64 Å². The third kappa shape index (κ3) is 5.95. The van der Waals surface area contributed by atoms with Crippen LogP contribution in [0.1, 0.15) is 37.9 Å². The lowest BCUT2D eigenvalue weighted by atomic mass is 10.1. The first kappa shape index (κ1) is 24.4. The zero-order chi connectivity index (χ0) is 23.1. The van der Waals surface area contributed by atoms with E-state index in [1.807, 2.05) is 11.9 Å². The maximum absolute atomic E-state index is 13.7. The molecule has 0 aliphatic carbocycles. The largest absolute Gasteiger partial charge is 0.462 e. The topological polar surface area (TPSA) is 82.0 Å². The summed E-state index contributed by atoms with van der Waals surface area (Å²) in [5.41, 5.74) is 2.13. The molecule has 2 aliphatic heterocycles. The summed E-state index contributed by atoms with van der Waals surface area (Å²) in [6, 6.07) is 0.371. The zero-order valence-electron chi connectivity index (χ0n) is 19.5. The summed E-state index contributed by atoms with van der Waals surface area (Å²) in [5.74, 6) is 0.801. The van der Waals surface area contributed by atoms with Crippen molar-refractivity contribution < 1.29 is 19.0 Å². The summed E-state index contributed by atoms with van der Waals surface area (Å²) in [4.78, 5) is 27.6. The van der Waals surface area contributed by atoms with E-state index >= 15 is 0 Å². The highest BCUT2D eigenvalue weighted by molar-refractivity contribution is 5.87. The number of alkyl halides is 1. The summed E-state index contributed by atoms with van der Waals surface area (Å²) in [5, 5.41) is 8.89. The molecule has 1 N–H and O–H groups in total. The van der Waals surface area contributed by atoms with E-state index in [4.69, 9.17) is 14.8 Å². The van der Waals surface area contributed by atoms with Crippen molar-refractivity contribution in [3.63, 3.8) is 0 Å². The fourth-order valence-electron chi connectivity index (χ4n) is 4.39. The van der Waals surface area contributed by atoms with E-state index < -0.39 is 6.17 Å². The van der Waals surface area contributed by atoms with Crippen molar-refractivity contribution in [1.29, 1.82) is 0 Å². The molecule has 1 amide bonds. The van der Waals surface area contributed by atoms with Gasteiger partial charge in [0.2, 0.25) is 5.91 Å². The van der Waals surface area contributed by atoms with E-state index in [1.165, 1.54) is 12.2 Å². The van der Waals surface area contributed by atoms with Crippen LogP contribution in [0.2, 0.25) is 0 Å². The normalized spacial score (nSPS) is 22.2. The van der Waals surface area contributed by atoms with Crippen molar-refractivity contribution in [2.75, 3.05) is 57.9 Å². The molecule has 3 rings (SSSR count). The van der Waals surface area contributed by atoms with Gasteiger partial charge in [-0.2, -0.15) is 9.97 Å². The Labute approximate surface area is 190 Å². The molecule has 2 fully saturated rings. The maximum atomic E-state index is 13.7. The number of hydrogen-bond donors (Lipinski definition) is 1. The van der Waals surface area contributed by atoms with Gasteiger partial charge in [-0.3, -0.25) is 9.69 Å². The molecular formula is C23H36FN5O3. The van der Waals surface area contributed by atoms with E-state index in [9.17, 15) is 9.18 Å². The monoisotopic (exact) mass is 449 g/mol. The minimum Gasteiger partial charge on any atom is -0.462 e. The van der Waals surface area contributed by atoms with Gasteiger partial charge in [0, 0.05) is 50.4 Å². The van der Waals surface area contributed by atoms with E-state index in [2.05, 4.69) is 23.7 Å². The summed E-state index contributed by atoms with van der Waals surface area (Å²) in [7, 11) is 1.91. The summed E-state index contributed by atoms with van der Waals surface area (Å²) in [6.45, 7) is 7.40. The summed E-state index contributed by atoms with van der Waals surface area (Å²) < 4.78 is 19.7. The molecule has 178 valence electrons. The predicted molar refractivity (Wildman–Crippen MR) is 122 cm³/mol. The average Bonchev–Trinajstić information content (AvgIpc) is 3.13. The maximum Gasteiger partial charge on any atom is 0.318 e. The number of likely N-dealkylation sites (N-methyl/N-ethyl adjacent to an activating group) is 1. The third-order valence-electron chi connectivity index (χ3n) is 6.18. The standard InChI is InChI=1S/C23H36FN5O3/c1-4-7-19-20(5-2)25-23(32-16-18-14-17(24)15-27(18)3)26-22(19)29-11-9-28(10-12-29)21(31)8-6-13-30/h6,8,17-18,30H,4-5,7,9-16H2,1-3H3/b8-6+/t17-,18-/m1/s1. The van der Waals surface area contributed by atoms with E-state index in [-0.39, 0.29) is 18.6 Å². The van der Waals surface area contributed by atoms with Gasteiger partial charge in [0.05, 0.1) is 12.3 Å². The summed E-state index contributed by atoms with van der Waals surface area (Å²) in [6.07, 6.45) is 5.19. The van der Waals surface area contributed by atoms with Crippen LogP contribution in [0.4, 0.5) is 10.2 Å². The Hall–Kier alpha value is -2.26. The van der Waals surface area contributed by atoms with Crippen LogP contribution in [-0.2, 0) is 17.6 Å². The van der Waals surface area contributed by atoms with Crippen molar-refractivity contribution in [3.8, 4) is 6.01 Å². The van der Waals surface area contributed by atoms with Crippen LogP contribution in [0.3, 0.4) is 0 Å². The van der Waals surface area contributed by atoms with Crippen molar-refractivity contribution in [2.45, 2.75) is 51.7 Å². The van der Waals surface area contributed by atoms with Crippen LogP contribution in [0, 0.1) is 0 Å². The molecule has 0 saturated carbocycles. The fraction of sp³-hybridized carbons (Fsp3) is 0.696. The number of hydrogen-bond acceptors (Lipinski definition) is 7. The second kappa shape index (κ2) is 11.6. The lowest BCUT2D eigenvalue weighted by Crippen LogP contribution is -2.49. The second-order valence-corrected chi connectivity index (χ2v) is 8.49. The van der Waals surface area contributed by atoms with Crippen LogP contribution in [0.15, 0.2) is 12.2 Å². The van der Waals surface area contributed by atoms with Gasteiger partial charge >= 0.3 is 6.01 Å². The third-order valence-corrected chi connectivity index (χ3v) is 6.18. The van der Waals surface area contributed by atoms with Gasteiger partial charge in [0.15, 0.2) is 0 Å². The Bertz CT molecular complexity index is 798. The molecule has 9 heteroatoms. The Morgan fingerprint density at radius 3 is 2.59 bits per heavy atom. The van der Waals surface area contributed by atoms with Crippen molar-refractivity contribution in [3.05, 3.63) is 23.4 Å². The molecule has 0 unspecified atom stereocenters. The number of aliphatic hydroxyl groups is 1. The number of aromatic nitrogens is 2. The number of anilines is 1. The first-order chi connectivity index (χ1) is 15.5. The number of carbonyl (C=O) groups is 1. The van der Waals surface area contributed by atoms with E-state index in [0.29, 0.717) is 51.8 Å². The minimum atomic E-state index is -0.811. The molecule has 0 spiro atoms. The van der Waals surface area contributed by atoms with Gasteiger partial charge < -0.3 is 19.6 Å². The van der Waals surface area contributed by atoms with Crippen molar-refractivity contribution in [2.24, 2.45) is 0 Å². The molecule has 0 bridgehead atoms. The number of likely N-dealkylation sites (tertiary alicyclic amines) is 1. The molecule has 2 atom stereocenters. The van der Waals surface area contributed by atoms with E-state index in [1.54, 1.807) is 4.90 Å². The van der Waals surface area contributed by atoms with Gasteiger partial charge in [0.1, 0.15) is 18.6 Å². The number of aliphatic hydroxyl groups excluding tert-OH is 1. The number of carbonyl (C=O) groups excluding carboxylic acids is 1. The number of ether oxygens (including phenoxy) is 1. The number of halogens is 1. The van der Waals surface area contributed by atoms with Crippen molar-refractivity contribution in [1.82, 2.24) is 19.8 Å². The minimum absolute atomic E-state index is 0.0268. The lowest BCUT2D eigenvalue weighted by Gasteiger charge is -2.36. The molecule has 2 saturated heterocycles. The average molecular weight is 450 g/mol.